The first-order valence-corrected chi connectivity index (χ1v) is 8.39. The zero-order valence-electron chi connectivity index (χ0n) is 13.4. The van der Waals surface area contributed by atoms with Gasteiger partial charge in [0.2, 0.25) is 0 Å². The van der Waals surface area contributed by atoms with Crippen molar-refractivity contribution in [1.29, 1.82) is 0 Å². The van der Waals surface area contributed by atoms with Gasteiger partial charge in [0.25, 0.3) is 0 Å². The first kappa shape index (κ1) is 16.0. The Bertz CT molecular complexity index is 642. The van der Waals surface area contributed by atoms with Crippen LogP contribution in [0.2, 0.25) is 0 Å². The van der Waals surface area contributed by atoms with Gasteiger partial charge in [-0.2, -0.15) is 0 Å². The Morgan fingerprint density at radius 3 is 2.00 bits per heavy atom. The highest BCUT2D eigenvalue weighted by Crippen LogP contribution is 2.44. The maximum absolute atomic E-state index is 11.5. The molecule has 1 unspecified atom stereocenters. The first-order chi connectivity index (χ1) is 11.1. The van der Waals surface area contributed by atoms with Gasteiger partial charge in [0.1, 0.15) is 11.2 Å². The maximum Gasteiger partial charge on any atom is 0.137 e. The smallest absolute Gasteiger partial charge is 0.137 e. The fourth-order valence-electron chi connectivity index (χ4n) is 3.51. The van der Waals surface area contributed by atoms with E-state index in [1.165, 1.54) is 0 Å². The molecule has 2 aromatic rings. The van der Waals surface area contributed by atoms with Gasteiger partial charge < -0.3 is 10.2 Å². The molecule has 0 bridgehead atoms. The third kappa shape index (κ3) is 3.24. The van der Waals surface area contributed by atoms with Crippen LogP contribution in [0.15, 0.2) is 66.7 Å². The van der Waals surface area contributed by atoms with E-state index in [1.54, 1.807) is 6.08 Å². The van der Waals surface area contributed by atoms with E-state index in [2.05, 4.69) is 0 Å². The summed E-state index contributed by atoms with van der Waals surface area (Å²) < 4.78 is 0. The monoisotopic (exact) mass is 308 g/mol. The minimum Gasteiger partial charge on any atom is -0.386 e. The van der Waals surface area contributed by atoms with E-state index in [9.17, 15) is 10.2 Å². The van der Waals surface area contributed by atoms with Crippen LogP contribution in [0, 0.1) is 0 Å². The van der Waals surface area contributed by atoms with Crippen molar-refractivity contribution in [1.82, 2.24) is 0 Å². The highest BCUT2D eigenvalue weighted by Gasteiger charge is 2.48. The number of benzene rings is 2. The molecule has 0 aromatic heterocycles. The Kier molecular flexibility index (Phi) is 4.65. The Balaban J connectivity index is 2.01. The van der Waals surface area contributed by atoms with Crippen LogP contribution in [0.1, 0.15) is 43.2 Å². The summed E-state index contributed by atoms with van der Waals surface area (Å²) in [5.41, 5.74) is -0.722. The molecule has 2 N–H and O–H groups in total. The zero-order chi connectivity index (χ0) is 16.2. The maximum atomic E-state index is 11.5. The summed E-state index contributed by atoms with van der Waals surface area (Å²) >= 11 is 0. The highest BCUT2D eigenvalue weighted by atomic mass is 16.4. The molecule has 3 rings (SSSR count). The van der Waals surface area contributed by atoms with Crippen LogP contribution in [-0.2, 0) is 5.60 Å². The van der Waals surface area contributed by atoms with Crippen molar-refractivity contribution < 1.29 is 10.2 Å². The summed E-state index contributed by atoms with van der Waals surface area (Å²) in [5, 5.41) is 22.7. The van der Waals surface area contributed by atoms with Crippen LogP contribution < -0.4 is 0 Å². The van der Waals surface area contributed by atoms with Crippen molar-refractivity contribution >= 4 is 6.08 Å². The number of hydrogen-bond acceptors (Lipinski definition) is 2. The third-order valence-electron chi connectivity index (χ3n) is 4.92. The molecule has 120 valence electrons. The molecule has 0 saturated heterocycles. The highest BCUT2D eigenvalue weighted by molar-refractivity contribution is 5.52. The molecule has 0 radical (unpaired) electrons. The van der Waals surface area contributed by atoms with Gasteiger partial charge >= 0.3 is 0 Å². The Morgan fingerprint density at radius 1 is 0.826 bits per heavy atom. The number of rotatable bonds is 4. The molecule has 1 aliphatic rings. The van der Waals surface area contributed by atoms with Gasteiger partial charge in [-0.25, -0.2) is 0 Å². The summed E-state index contributed by atoms with van der Waals surface area (Å²) in [4.78, 5) is 0. The van der Waals surface area contributed by atoms with E-state index in [0.29, 0.717) is 12.8 Å². The number of aliphatic hydroxyl groups is 2. The van der Waals surface area contributed by atoms with Crippen molar-refractivity contribution in [2.75, 3.05) is 0 Å². The molecule has 0 aliphatic heterocycles. The van der Waals surface area contributed by atoms with Crippen LogP contribution in [-0.4, -0.2) is 15.8 Å². The van der Waals surface area contributed by atoms with E-state index in [-0.39, 0.29) is 0 Å². The summed E-state index contributed by atoms with van der Waals surface area (Å²) in [6.07, 6.45) is 7.93. The van der Waals surface area contributed by atoms with Crippen molar-refractivity contribution in [2.45, 2.75) is 43.3 Å². The van der Waals surface area contributed by atoms with Crippen LogP contribution in [0.5, 0.6) is 0 Å². The molecule has 1 fully saturated rings. The largest absolute Gasteiger partial charge is 0.386 e. The van der Waals surface area contributed by atoms with Crippen LogP contribution >= 0.6 is 0 Å². The summed E-state index contributed by atoms with van der Waals surface area (Å²) in [5.74, 6) is 0. The molecule has 2 nitrogen and oxygen atoms in total. The first-order valence-electron chi connectivity index (χ1n) is 8.39. The van der Waals surface area contributed by atoms with Crippen molar-refractivity contribution in [3.8, 4) is 0 Å². The van der Waals surface area contributed by atoms with E-state index >= 15 is 0 Å². The van der Waals surface area contributed by atoms with Crippen molar-refractivity contribution in [3.05, 3.63) is 77.9 Å². The van der Waals surface area contributed by atoms with E-state index in [0.717, 1.165) is 30.4 Å². The molecular weight excluding hydrogens is 284 g/mol. The second-order valence-corrected chi connectivity index (χ2v) is 6.47. The minimum atomic E-state index is -1.37. The van der Waals surface area contributed by atoms with E-state index in [1.807, 2.05) is 66.7 Å². The molecule has 0 heterocycles. The van der Waals surface area contributed by atoms with Crippen molar-refractivity contribution in [3.63, 3.8) is 0 Å². The predicted octanol–water partition coefficient (Wildman–Crippen LogP) is 4.28. The van der Waals surface area contributed by atoms with Gasteiger partial charge in [0.05, 0.1) is 0 Å². The van der Waals surface area contributed by atoms with Crippen LogP contribution in [0.4, 0.5) is 0 Å². The van der Waals surface area contributed by atoms with Gasteiger partial charge in [-0.1, -0.05) is 86.0 Å². The van der Waals surface area contributed by atoms with E-state index in [4.69, 9.17) is 0 Å². The van der Waals surface area contributed by atoms with Gasteiger partial charge in [0.15, 0.2) is 0 Å². The molecule has 23 heavy (non-hydrogen) atoms. The summed E-state index contributed by atoms with van der Waals surface area (Å²) in [6, 6.07) is 19.4. The normalized spacial score (nSPS) is 20.3. The zero-order valence-corrected chi connectivity index (χ0v) is 13.4. The van der Waals surface area contributed by atoms with Gasteiger partial charge in [-0.3, -0.25) is 0 Å². The molecule has 1 aliphatic carbocycles. The lowest BCUT2D eigenvalue weighted by molar-refractivity contribution is -0.146. The standard InChI is InChI=1S/C21H24O2/c22-20(15-8-3-9-16-20)21(23,19-12-6-2-7-13-19)17-14-18-10-4-1-5-11-18/h1-2,4-7,10-14,17,22-23H,3,8-9,15-16H2/b17-14+. The average molecular weight is 308 g/mol. The molecule has 2 aromatic carbocycles. The summed E-state index contributed by atoms with van der Waals surface area (Å²) in [7, 11) is 0. The van der Waals surface area contributed by atoms with Crippen LogP contribution in [0.3, 0.4) is 0 Å². The fourth-order valence-corrected chi connectivity index (χ4v) is 3.51. The van der Waals surface area contributed by atoms with Gasteiger partial charge in [0, 0.05) is 0 Å². The molecule has 1 saturated carbocycles. The second-order valence-electron chi connectivity index (χ2n) is 6.47. The average Bonchev–Trinajstić information content (AvgIpc) is 2.62. The van der Waals surface area contributed by atoms with E-state index < -0.39 is 11.2 Å². The Morgan fingerprint density at radius 2 is 1.39 bits per heavy atom. The minimum absolute atomic E-state index is 0.623. The topological polar surface area (TPSA) is 40.5 Å². The predicted molar refractivity (Wildman–Crippen MR) is 93.8 cm³/mol. The second kappa shape index (κ2) is 6.69. The lowest BCUT2D eigenvalue weighted by Crippen LogP contribution is -2.51. The summed E-state index contributed by atoms with van der Waals surface area (Å²) in [6.45, 7) is 0. The molecule has 2 heteroatoms. The number of hydrogen-bond donors (Lipinski definition) is 2. The fraction of sp³-hybridized carbons (Fsp3) is 0.333. The SMILES string of the molecule is OC1(C(O)(/C=C/c2ccccc2)c2ccccc2)CCCCC1. The lowest BCUT2D eigenvalue weighted by Gasteiger charge is -2.44. The molecular formula is C21H24O2. The molecule has 0 amide bonds. The Labute approximate surface area is 138 Å². The van der Waals surface area contributed by atoms with Crippen molar-refractivity contribution in [2.24, 2.45) is 0 Å². The lowest BCUT2D eigenvalue weighted by atomic mass is 9.69. The third-order valence-corrected chi connectivity index (χ3v) is 4.92. The van der Waals surface area contributed by atoms with Crippen LogP contribution in [0.25, 0.3) is 6.08 Å². The molecule has 0 spiro atoms. The molecule has 1 atom stereocenters. The quantitative estimate of drug-likeness (QED) is 0.885. The van der Waals surface area contributed by atoms with Gasteiger partial charge in [-0.15, -0.1) is 0 Å². The van der Waals surface area contributed by atoms with Gasteiger partial charge in [-0.05, 0) is 30.0 Å². The Hall–Kier alpha value is -1.90.